The van der Waals surface area contributed by atoms with Crippen LogP contribution in [0.5, 0.6) is 5.75 Å². The molecule has 0 unspecified atom stereocenters. The van der Waals surface area contributed by atoms with Gasteiger partial charge in [0.2, 0.25) is 5.91 Å². The van der Waals surface area contributed by atoms with Gasteiger partial charge in [-0.2, -0.15) is 0 Å². The number of aromatic nitrogens is 3. The largest absolute Gasteiger partial charge is 0.484 e. The molecule has 0 aliphatic carbocycles. The third kappa shape index (κ3) is 5.62. The van der Waals surface area contributed by atoms with Crippen LogP contribution in [0.2, 0.25) is 5.02 Å². The van der Waals surface area contributed by atoms with Gasteiger partial charge < -0.3 is 14.8 Å². The lowest BCUT2D eigenvalue weighted by Gasteiger charge is -2.16. The Hall–Kier alpha value is -2.55. The molecule has 0 saturated carbocycles. The van der Waals surface area contributed by atoms with E-state index in [1.165, 1.54) is 11.8 Å². The lowest BCUT2D eigenvalue weighted by atomic mass is 10.2. The third-order valence-corrected chi connectivity index (χ3v) is 6.44. The average molecular weight is 473 g/mol. The van der Waals surface area contributed by atoms with Crippen LogP contribution in [-0.2, 0) is 16.1 Å². The summed E-state index contributed by atoms with van der Waals surface area (Å²) in [6.07, 6.45) is 2.14. The van der Waals surface area contributed by atoms with Crippen molar-refractivity contribution < 1.29 is 14.3 Å². The maximum absolute atomic E-state index is 12.6. The lowest BCUT2D eigenvalue weighted by Crippen LogP contribution is -2.36. The summed E-state index contributed by atoms with van der Waals surface area (Å²) in [5.74, 6) is 1.14. The van der Waals surface area contributed by atoms with Crippen LogP contribution in [0, 0.1) is 0 Å². The summed E-state index contributed by atoms with van der Waals surface area (Å²) >= 11 is 7.56. The van der Waals surface area contributed by atoms with Gasteiger partial charge in [0.25, 0.3) is 0 Å². The summed E-state index contributed by atoms with van der Waals surface area (Å²) in [5.41, 5.74) is 0.893. The molecule has 2 atom stereocenters. The molecule has 0 bridgehead atoms. The van der Waals surface area contributed by atoms with Gasteiger partial charge in [-0.15, -0.1) is 10.2 Å². The number of carbonyl (C=O) groups is 1. The second-order valence-corrected chi connectivity index (χ2v) is 9.14. The number of carbonyl (C=O) groups excluding carboxylic acids is 1. The summed E-state index contributed by atoms with van der Waals surface area (Å²) in [6, 6.07) is 17.1. The van der Waals surface area contributed by atoms with E-state index in [9.17, 15) is 4.79 Å². The van der Waals surface area contributed by atoms with Gasteiger partial charge in [0, 0.05) is 18.8 Å². The molecule has 0 radical (unpaired) electrons. The predicted octanol–water partition coefficient (Wildman–Crippen LogP) is 4.28. The molecular formula is C23H25ClN4O3S. The molecule has 2 aromatic carbocycles. The molecular weight excluding hydrogens is 448 g/mol. The smallest absolute Gasteiger partial charge is 0.233 e. The summed E-state index contributed by atoms with van der Waals surface area (Å²) in [6.45, 7) is 3.35. The highest BCUT2D eigenvalue weighted by Crippen LogP contribution is 2.28. The van der Waals surface area contributed by atoms with Crippen molar-refractivity contribution in [3.63, 3.8) is 0 Å². The Morgan fingerprint density at radius 2 is 2.03 bits per heavy atom. The highest BCUT2D eigenvalue weighted by molar-refractivity contribution is 8.00. The minimum absolute atomic E-state index is 0.0537. The van der Waals surface area contributed by atoms with Crippen LogP contribution < -0.4 is 10.1 Å². The summed E-state index contributed by atoms with van der Waals surface area (Å²) in [4.78, 5) is 12.6. The van der Waals surface area contributed by atoms with Crippen molar-refractivity contribution in [2.24, 2.45) is 0 Å². The maximum atomic E-state index is 12.6. The first-order valence-corrected chi connectivity index (χ1v) is 11.8. The number of halogens is 1. The topological polar surface area (TPSA) is 78.3 Å². The Labute approximate surface area is 196 Å². The minimum atomic E-state index is -0.347. The fraction of sp³-hybridized carbons (Fsp3) is 0.348. The van der Waals surface area contributed by atoms with E-state index in [2.05, 4.69) is 15.5 Å². The monoisotopic (exact) mass is 472 g/mol. The van der Waals surface area contributed by atoms with Gasteiger partial charge in [-0.1, -0.05) is 53.7 Å². The number of amides is 1. The van der Waals surface area contributed by atoms with Crippen LogP contribution in [0.25, 0.3) is 5.69 Å². The minimum Gasteiger partial charge on any atom is -0.484 e. The highest BCUT2D eigenvalue weighted by Gasteiger charge is 2.23. The molecule has 1 aliphatic heterocycles. The van der Waals surface area contributed by atoms with Gasteiger partial charge in [0.15, 0.2) is 11.0 Å². The van der Waals surface area contributed by atoms with Crippen LogP contribution in [0.15, 0.2) is 59.8 Å². The van der Waals surface area contributed by atoms with Crippen molar-refractivity contribution in [1.29, 1.82) is 0 Å². The predicted molar refractivity (Wildman–Crippen MR) is 124 cm³/mol. The van der Waals surface area contributed by atoms with Crippen LogP contribution in [0.3, 0.4) is 0 Å². The molecule has 168 valence electrons. The molecule has 1 N–H and O–H groups in total. The molecule has 7 nitrogen and oxygen atoms in total. The molecule has 2 heterocycles. The summed E-state index contributed by atoms with van der Waals surface area (Å²) < 4.78 is 13.4. The Morgan fingerprint density at radius 3 is 2.78 bits per heavy atom. The number of nitrogens with one attached hydrogen (secondary N) is 1. The first kappa shape index (κ1) is 22.6. The second-order valence-electron chi connectivity index (χ2n) is 7.43. The van der Waals surface area contributed by atoms with E-state index in [4.69, 9.17) is 21.1 Å². The number of hydrogen-bond donors (Lipinski definition) is 1. The fourth-order valence-corrected chi connectivity index (χ4v) is 4.49. The van der Waals surface area contributed by atoms with Gasteiger partial charge in [0.1, 0.15) is 12.4 Å². The molecule has 1 aliphatic rings. The van der Waals surface area contributed by atoms with E-state index in [0.29, 0.717) is 28.3 Å². The van der Waals surface area contributed by atoms with Gasteiger partial charge in [-0.3, -0.25) is 9.36 Å². The summed E-state index contributed by atoms with van der Waals surface area (Å²) in [5, 5.41) is 12.5. The quantitative estimate of drug-likeness (QED) is 0.468. The van der Waals surface area contributed by atoms with E-state index in [-0.39, 0.29) is 23.9 Å². The number of nitrogens with zero attached hydrogens (tertiary/aromatic N) is 3. The number of rotatable bonds is 9. The van der Waals surface area contributed by atoms with Gasteiger partial charge >= 0.3 is 0 Å². The average Bonchev–Trinajstić information content (AvgIpc) is 3.47. The molecule has 1 fully saturated rings. The second kappa shape index (κ2) is 10.8. The van der Waals surface area contributed by atoms with Crippen molar-refractivity contribution >= 4 is 29.3 Å². The third-order valence-electron chi connectivity index (χ3n) is 5.09. The van der Waals surface area contributed by atoms with E-state index < -0.39 is 0 Å². The van der Waals surface area contributed by atoms with Crippen LogP contribution in [-0.4, -0.2) is 45.2 Å². The van der Waals surface area contributed by atoms with Crippen LogP contribution in [0.4, 0.5) is 0 Å². The Balaban J connectivity index is 1.48. The number of para-hydroxylation sites is 2. The molecule has 1 saturated heterocycles. The Bertz CT molecular complexity index is 1040. The molecule has 0 spiro atoms. The normalized spacial score (nSPS) is 16.6. The van der Waals surface area contributed by atoms with Gasteiger partial charge in [-0.25, -0.2) is 0 Å². The number of thioether (sulfide) groups is 1. The van der Waals surface area contributed by atoms with Crippen molar-refractivity contribution in [2.45, 2.75) is 42.9 Å². The number of ether oxygens (including phenoxy) is 2. The van der Waals surface area contributed by atoms with Crippen LogP contribution in [0.1, 0.15) is 25.6 Å². The van der Waals surface area contributed by atoms with Crippen LogP contribution >= 0.6 is 23.4 Å². The molecule has 1 aromatic heterocycles. The van der Waals surface area contributed by atoms with Gasteiger partial charge in [-0.05, 0) is 44.0 Å². The number of hydrogen-bond acceptors (Lipinski definition) is 6. The first-order chi connectivity index (χ1) is 15.6. The molecule has 32 heavy (non-hydrogen) atoms. The van der Waals surface area contributed by atoms with Crippen molar-refractivity contribution in [3.05, 3.63) is 65.4 Å². The number of benzene rings is 2. The first-order valence-electron chi connectivity index (χ1n) is 10.5. The SMILES string of the molecule is C[C@H](Sc1nnc(COc2ccccc2Cl)n1-c1ccccc1)C(=O)NC[C@H]1CCCO1. The van der Waals surface area contributed by atoms with E-state index in [1.807, 2.05) is 60.0 Å². The van der Waals surface area contributed by atoms with Crippen molar-refractivity contribution in [1.82, 2.24) is 20.1 Å². The molecule has 3 aromatic rings. The Morgan fingerprint density at radius 1 is 1.25 bits per heavy atom. The Kier molecular flexibility index (Phi) is 7.68. The lowest BCUT2D eigenvalue weighted by molar-refractivity contribution is -0.120. The van der Waals surface area contributed by atoms with Crippen molar-refractivity contribution in [2.75, 3.05) is 13.2 Å². The molecule has 1 amide bonds. The zero-order chi connectivity index (χ0) is 22.3. The zero-order valence-electron chi connectivity index (χ0n) is 17.7. The zero-order valence-corrected chi connectivity index (χ0v) is 19.3. The molecule has 9 heteroatoms. The van der Waals surface area contributed by atoms with E-state index >= 15 is 0 Å². The maximum Gasteiger partial charge on any atom is 0.233 e. The van der Waals surface area contributed by atoms with Gasteiger partial charge in [0.05, 0.1) is 16.4 Å². The highest BCUT2D eigenvalue weighted by atomic mass is 35.5. The van der Waals surface area contributed by atoms with E-state index in [0.717, 1.165) is 25.1 Å². The van der Waals surface area contributed by atoms with Crippen molar-refractivity contribution in [3.8, 4) is 11.4 Å². The summed E-state index contributed by atoms with van der Waals surface area (Å²) in [7, 11) is 0. The fourth-order valence-electron chi connectivity index (χ4n) is 3.39. The van der Waals surface area contributed by atoms with E-state index in [1.54, 1.807) is 6.07 Å². The molecule has 4 rings (SSSR count). The standard InChI is InChI=1S/C23H25ClN4O3S/c1-16(22(29)25-14-18-10-7-13-30-18)32-23-27-26-21(28(23)17-8-3-2-4-9-17)15-31-20-12-6-5-11-19(20)24/h2-6,8-9,11-12,16,18H,7,10,13-15H2,1H3,(H,25,29)/t16-,18+/m0/s1.